The summed E-state index contributed by atoms with van der Waals surface area (Å²) in [4.78, 5) is 4.34. The molecular weight excluding hydrogens is 264 g/mol. The summed E-state index contributed by atoms with van der Waals surface area (Å²) < 4.78 is 11.2. The van der Waals surface area contributed by atoms with Gasteiger partial charge >= 0.3 is 0 Å². The topological polar surface area (TPSA) is 43.4 Å². The molecule has 1 aromatic heterocycles. The molecule has 0 fully saturated rings. The van der Waals surface area contributed by atoms with E-state index >= 15 is 0 Å². The van der Waals surface area contributed by atoms with E-state index in [2.05, 4.69) is 17.2 Å². The Hall–Kier alpha value is -1.91. The zero-order valence-corrected chi connectivity index (χ0v) is 12.8. The number of hydrogen-bond donors (Lipinski definition) is 1. The van der Waals surface area contributed by atoms with Gasteiger partial charge in [-0.15, -0.1) is 0 Å². The van der Waals surface area contributed by atoms with Gasteiger partial charge in [0.15, 0.2) is 0 Å². The average Bonchev–Trinajstić information content (AvgIpc) is 2.47. The number of pyridine rings is 1. The van der Waals surface area contributed by atoms with Crippen LogP contribution in [0.2, 0.25) is 0 Å². The highest BCUT2D eigenvalue weighted by atomic mass is 16.5. The van der Waals surface area contributed by atoms with E-state index in [1.165, 1.54) is 0 Å². The van der Waals surface area contributed by atoms with Gasteiger partial charge in [0.2, 0.25) is 0 Å². The van der Waals surface area contributed by atoms with Gasteiger partial charge in [-0.3, -0.25) is 4.98 Å². The first-order valence-corrected chi connectivity index (χ1v) is 7.15. The number of benzene rings is 1. The Kier molecular flexibility index (Phi) is 5.72. The SMILES string of the molecule is CCNCc1cnc(C)cc1Oc1cccc(COC)c1. The molecule has 0 bridgehead atoms. The molecule has 2 rings (SSSR count). The molecule has 0 aliphatic carbocycles. The maximum absolute atomic E-state index is 6.04. The molecule has 0 saturated carbocycles. The summed E-state index contributed by atoms with van der Waals surface area (Å²) in [5.74, 6) is 1.66. The average molecular weight is 286 g/mol. The molecule has 21 heavy (non-hydrogen) atoms. The van der Waals surface area contributed by atoms with Crippen LogP contribution in [0.5, 0.6) is 11.5 Å². The molecule has 0 spiro atoms. The predicted molar refractivity (Wildman–Crippen MR) is 83.6 cm³/mol. The number of nitrogens with one attached hydrogen (secondary N) is 1. The molecule has 4 nitrogen and oxygen atoms in total. The molecule has 0 atom stereocenters. The summed E-state index contributed by atoms with van der Waals surface area (Å²) in [6.07, 6.45) is 1.87. The number of hydrogen-bond acceptors (Lipinski definition) is 4. The molecule has 0 amide bonds. The fourth-order valence-electron chi connectivity index (χ4n) is 2.04. The normalized spacial score (nSPS) is 10.6. The molecule has 0 aliphatic heterocycles. The van der Waals surface area contributed by atoms with Crippen LogP contribution in [-0.2, 0) is 17.9 Å². The second-order valence-electron chi connectivity index (χ2n) is 4.90. The predicted octanol–water partition coefficient (Wildman–Crippen LogP) is 3.44. The number of methoxy groups -OCH3 is 1. The Labute approximate surface area is 126 Å². The standard InChI is InChI=1S/C17H22N2O2/c1-4-18-10-15-11-19-13(2)8-17(15)21-16-7-5-6-14(9-16)12-20-3/h5-9,11,18H,4,10,12H2,1-3H3. The minimum absolute atomic E-state index is 0.580. The second kappa shape index (κ2) is 7.76. The molecule has 0 aliphatic rings. The lowest BCUT2D eigenvalue weighted by molar-refractivity contribution is 0.184. The first-order valence-electron chi connectivity index (χ1n) is 7.15. The smallest absolute Gasteiger partial charge is 0.135 e. The van der Waals surface area contributed by atoms with Crippen molar-refractivity contribution in [3.63, 3.8) is 0 Å². The van der Waals surface area contributed by atoms with E-state index in [4.69, 9.17) is 9.47 Å². The number of aryl methyl sites for hydroxylation is 1. The van der Waals surface area contributed by atoms with Crippen molar-refractivity contribution in [3.8, 4) is 11.5 Å². The van der Waals surface area contributed by atoms with Crippen molar-refractivity contribution in [2.24, 2.45) is 0 Å². The molecule has 0 radical (unpaired) electrons. The summed E-state index contributed by atoms with van der Waals surface area (Å²) in [7, 11) is 1.69. The second-order valence-corrected chi connectivity index (χ2v) is 4.90. The number of rotatable bonds is 7. The van der Waals surface area contributed by atoms with Crippen molar-refractivity contribution >= 4 is 0 Å². The van der Waals surface area contributed by atoms with Gasteiger partial charge in [0, 0.05) is 37.2 Å². The molecule has 1 N–H and O–H groups in total. The lowest BCUT2D eigenvalue weighted by Crippen LogP contribution is -2.12. The van der Waals surface area contributed by atoms with Crippen molar-refractivity contribution in [1.29, 1.82) is 0 Å². The molecule has 0 saturated heterocycles. The summed E-state index contributed by atoms with van der Waals surface area (Å²) in [5, 5.41) is 3.30. The third-order valence-electron chi connectivity index (χ3n) is 3.08. The Morgan fingerprint density at radius 1 is 1.24 bits per heavy atom. The Bertz CT molecular complexity index is 585. The fourth-order valence-corrected chi connectivity index (χ4v) is 2.04. The molecule has 112 valence electrons. The van der Waals surface area contributed by atoms with Gasteiger partial charge in [0.25, 0.3) is 0 Å². The van der Waals surface area contributed by atoms with Crippen LogP contribution >= 0.6 is 0 Å². The monoisotopic (exact) mass is 286 g/mol. The highest BCUT2D eigenvalue weighted by Crippen LogP contribution is 2.26. The highest BCUT2D eigenvalue weighted by molar-refractivity contribution is 5.38. The first-order chi connectivity index (χ1) is 10.2. The molecule has 4 heteroatoms. The van der Waals surface area contributed by atoms with Gasteiger partial charge in [-0.05, 0) is 31.2 Å². The Balaban J connectivity index is 2.21. The van der Waals surface area contributed by atoms with Crippen molar-refractivity contribution in [2.45, 2.75) is 27.0 Å². The Morgan fingerprint density at radius 3 is 2.86 bits per heavy atom. The van der Waals surface area contributed by atoms with E-state index in [0.717, 1.165) is 41.4 Å². The number of ether oxygens (including phenoxy) is 2. The van der Waals surface area contributed by atoms with Crippen molar-refractivity contribution in [2.75, 3.05) is 13.7 Å². The number of nitrogens with zero attached hydrogens (tertiary/aromatic N) is 1. The van der Waals surface area contributed by atoms with Crippen molar-refractivity contribution in [1.82, 2.24) is 10.3 Å². The first kappa shape index (κ1) is 15.5. The van der Waals surface area contributed by atoms with Gasteiger partial charge in [-0.25, -0.2) is 0 Å². The van der Waals surface area contributed by atoms with E-state index in [0.29, 0.717) is 6.61 Å². The van der Waals surface area contributed by atoms with Crippen molar-refractivity contribution < 1.29 is 9.47 Å². The van der Waals surface area contributed by atoms with Crippen LogP contribution in [0.4, 0.5) is 0 Å². The van der Waals surface area contributed by atoms with Gasteiger partial charge in [0.05, 0.1) is 6.61 Å². The molecule has 1 heterocycles. The van der Waals surface area contributed by atoms with Crippen LogP contribution in [0.3, 0.4) is 0 Å². The molecular formula is C17H22N2O2. The van der Waals surface area contributed by atoms with E-state index in [9.17, 15) is 0 Å². The molecule has 1 aromatic carbocycles. The Morgan fingerprint density at radius 2 is 2.10 bits per heavy atom. The van der Waals surface area contributed by atoms with Crippen LogP contribution < -0.4 is 10.1 Å². The van der Waals surface area contributed by atoms with Crippen LogP contribution in [0, 0.1) is 6.92 Å². The molecule has 0 unspecified atom stereocenters. The summed E-state index contributed by atoms with van der Waals surface area (Å²) in [6.45, 7) is 6.28. The summed E-state index contributed by atoms with van der Waals surface area (Å²) in [5.41, 5.74) is 3.09. The quantitative estimate of drug-likeness (QED) is 0.846. The van der Waals surface area contributed by atoms with Crippen LogP contribution in [0.1, 0.15) is 23.7 Å². The van der Waals surface area contributed by atoms with Crippen LogP contribution in [-0.4, -0.2) is 18.6 Å². The minimum Gasteiger partial charge on any atom is -0.457 e. The van der Waals surface area contributed by atoms with Gasteiger partial charge in [0.1, 0.15) is 11.5 Å². The lowest BCUT2D eigenvalue weighted by Gasteiger charge is -2.12. The van der Waals surface area contributed by atoms with E-state index in [-0.39, 0.29) is 0 Å². The van der Waals surface area contributed by atoms with E-state index in [1.807, 2.05) is 43.5 Å². The maximum Gasteiger partial charge on any atom is 0.135 e. The van der Waals surface area contributed by atoms with Gasteiger partial charge in [-0.2, -0.15) is 0 Å². The minimum atomic E-state index is 0.580. The van der Waals surface area contributed by atoms with Crippen molar-refractivity contribution in [3.05, 3.63) is 53.3 Å². The van der Waals surface area contributed by atoms with Crippen LogP contribution in [0.25, 0.3) is 0 Å². The zero-order chi connectivity index (χ0) is 15.1. The lowest BCUT2D eigenvalue weighted by atomic mass is 10.2. The third-order valence-corrected chi connectivity index (χ3v) is 3.08. The third kappa shape index (κ3) is 4.55. The van der Waals surface area contributed by atoms with E-state index in [1.54, 1.807) is 7.11 Å². The van der Waals surface area contributed by atoms with Gasteiger partial charge < -0.3 is 14.8 Å². The maximum atomic E-state index is 6.04. The highest BCUT2D eigenvalue weighted by Gasteiger charge is 2.07. The number of aromatic nitrogens is 1. The van der Waals surface area contributed by atoms with E-state index < -0.39 is 0 Å². The summed E-state index contributed by atoms with van der Waals surface area (Å²) >= 11 is 0. The fraction of sp³-hybridized carbons (Fsp3) is 0.353. The van der Waals surface area contributed by atoms with Crippen LogP contribution in [0.15, 0.2) is 36.5 Å². The van der Waals surface area contributed by atoms with Gasteiger partial charge in [-0.1, -0.05) is 19.1 Å². The summed E-state index contributed by atoms with van der Waals surface area (Å²) in [6, 6.07) is 9.91. The largest absolute Gasteiger partial charge is 0.457 e. The molecule has 2 aromatic rings. The zero-order valence-electron chi connectivity index (χ0n) is 12.8.